The second-order valence-corrected chi connectivity index (χ2v) is 6.22. The lowest BCUT2D eigenvalue weighted by Gasteiger charge is -2.22. The summed E-state index contributed by atoms with van der Waals surface area (Å²) in [4.78, 5) is 8.66. The molecule has 116 valence electrons. The molecule has 1 saturated heterocycles. The number of nitrogens with one attached hydrogen (secondary N) is 1. The van der Waals surface area contributed by atoms with E-state index >= 15 is 0 Å². The van der Waals surface area contributed by atoms with Crippen molar-refractivity contribution in [2.45, 2.75) is 45.1 Å². The van der Waals surface area contributed by atoms with E-state index in [1.165, 1.54) is 0 Å². The first-order chi connectivity index (χ1) is 9.54. The molecular formula is C13H21ClN6O. The molecule has 1 atom stereocenters. The summed E-state index contributed by atoms with van der Waals surface area (Å²) < 4.78 is 7.15. The fourth-order valence-corrected chi connectivity index (χ4v) is 2.23. The van der Waals surface area contributed by atoms with E-state index in [9.17, 15) is 0 Å². The summed E-state index contributed by atoms with van der Waals surface area (Å²) in [6.07, 6.45) is 4.02. The third-order valence-electron chi connectivity index (χ3n) is 3.44. The van der Waals surface area contributed by atoms with Crippen LogP contribution in [0.4, 0.5) is 0 Å². The van der Waals surface area contributed by atoms with Gasteiger partial charge in [0.25, 0.3) is 5.89 Å². The lowest BCUT2D eigenvalue weighted by Crippen LogP contribution is -2.31. The van der Waals surface area contributed by atoms with E-state index in [0.29, 0.717) is 23.6 Å². The Kier molecular flexibility index (Phi) is 4.63. The second kappa shape index (κ2) is 6.11. The number of halogens is 1. The van der Waals surface area contributed by atoms with Crippen molar-refractivity contribution in [2.24, 2.45) is 0 Å². The Morgan fingerprint density at radius 2 is 2.19 bits per heavy atom. The molecule has 1 N–H and O–H groups in total. The van der Waals surface area contributed by atoms with Gasteiger partial charge in [-0.25, -0.2) is 9.67 Å². The molecule has 21 heavy (non-hydrogen) atoms. The molecule has 1 fully saturated rings. The number of aromatic nitrogens is 5. The molecule has 0 bridgehead atoms. The molecule has 1 aliphatic heterocycles. The first-order valence-electron chi connectivity index (χ1n) is 7.00. The van der Waals surface area contributed by atoms with Gasteiger partial charge in [0, 0.05) is 12.0 Å². The summed E-state index contributed by atoms with van der Waals surface area (Å²) in [5.41, 5.74) is -0.141. The average molecular weight is 313 g/mol. The highest BCUT2D eigenvalue weighted by Crippen LogP contribution is 2.22. The number of hydrogen-bond acceptors (Lipinski definition) is 6. The minimum atomic E-state index is -0.141. The predicted molar refractivity (Wildman–Crippen MR) is 80.4 cm³/mol. The summed E-state index contributed by atoms with van der Waals surface area (Å²) in [6, 6.07) is 0.356. The van der Waals surface area contributed by atoms with E-state index in [1.54, 1.807) is 6.33 Å². The molecule has 3 rings (SSSR count). The van der Waals surface area contributed by atoms with Crippen molar-refractivity contribution >= 4 is 12.4 Å². The van der Waals surface area contributed by atoms with Gasteiger partial charge < -0.3 is 9.84 Å². The Morgan fingerprint density at radius 3 is 2.81 bits per heavy atom. The van der Waals surface area contributed by atoms with Crippen LogP contribution in [-0.4, -0.2) is 38.0 Å². The first kappa shape index (κ1) is 15.9. The largest absolute Gasteiger partial charge is 0.330 e. The van der Waals surface area contributed by atoms with E-state index in [-0.39, 0.29) is 17.8 Å². The smallest absolute Gasteiger partial charge is 0.297 e. The topological polar surface area (TPSA) is 81.7 Å². The Balaban J connectivity index is 0.00000161. The Morgan fingerprint density at radius 1 is 1.38 bits per heavy atom. The molecule has 2 aromatic heterocycles. The lowest BCUT2D eigenvalue weighted by atomic mass is 9.96. The zero-order valence-electron chi connectivity index (χ0n) is 12.5. The second-order valence-electron chi connectivity index (χ2n) is 6.22. The monoisotopic (exact) mass is 312 g/mol. The van der Waals surface area contributed by atoms with Crippen molar-refractivity contribution in [1.82, 2.24) is 30.2 Å². The van der Waals surface area contributed by atoms with Gasteiger partial charge in [0.15, 0.2) is 5.82 Å². The van der Waals surface area contributed by atoms with Crippen molar-refractivity contribution in [1.29, 1.82) is 0 Å². The molecule has 0 aliphatic carbocycles. The zero-order chi connectivity index (χ0) is 14.2. The fourth-order valence-electron chi connectivity index (χ4n) is 2.23. The van der Waals surface area contributed by atoms with Gasteiger partial charge in [-0.2, -0.15) is 4.98 Å². The van der Waals surface area contributed by atoms with Crippen LogP contribution >= 0.6 is 12.4 Å². The van der Waals surface area contributed by atoms with Gasteiger partial charge in [-0.15, -0.1) is 17.5 Å². The molecule has 1 unspecified atom stereocenters. The SMILES string of the molecule is CC(C)(C)c1noc(-c2ncn(C3CCCNC3)n2)n1.Cl. The van der Waals surface area contributed by atoms with Crippen molar-refractivity contribution in [3.05, 3.63) is 12.2 Å². The number of piperidine rings is 1. The van der Waals surface area contributed by atoms with Crippen LogP contribution in [0.25, 0.3) is 11.7 Å². The maximum atomic E-state index is 5.26. The number of rotatable bonds is 2. The Hall–Kier alpha value is -1.47. The Bertz CT molecular complexity index is 581. The van der Waals surface area contributed by atoms with E-state index in [4.69, 9.17) is 4.52 Å². The highest BCUT2D eigenvalue weighted by atomic mass is 35.5. The summed E-state index contributed by atoms with van der Waals surface area (Å²) in [5.74, 6) is 1.55. The molecular weight excluding hydrogens is 292 g/mol. The molecule has 2 aromatic rings. The zero-order valence-corrected chi connectivity index (χ0v) is 13.4. The van der Waals surface area contributed by atoms with Gasteiger partial charge in [0.05, 0.1) is 6.04 Å². The predicted octanol–water partition coefficient (Wildman–Crippen LogP) is 1.97. The number of hydrogen-bond donors (Lipinski definition) is 1. The van der Waals surface area contributed by atoms with Crippen molar-refractivity contribution in [3.8, 4) is 11.7 Å². The molecule has 0 aromatic carbocycles. The van der Waals surface area contributed by atoms with E-state index < -0.39 is 0 Å². The van der Waals surface area contributed by atoms with Crippen LogP contribution < -0.4 is 5.32 Å². The normalized spacial score (nSPS) is 19.3. The molecule has 3 heterocycles. The quantitative estimate of drug-likeness (QED) is 0.913. The minimum Gasteiger partial charge on any atom is -0.330 e. The Labute approximate surface area is 129 Å². The van der Waals surface area contributed by atoms with Gasteiger partial charge >= 0.3 is 0 Å². The molecule has 0 saturated carbocycles. The van der Waals surface area contributed by atoms with E-state index in [1.807, 2.05) is 25.5 Å². The lowest BCUT2D eigenvalue weighted by molar-refractivity contribution is 0.345. The summed E-state index contributed by atoms with van der Waals surface area (Å²) in [5, 5.41) is 11.8. The maximum absolute atomic E-state index is 5.26. The summed E-state index contributed by atoms with van der Waals surface area (Å²) in [7, 11) is 0. The average Bonchev–Trinajstić information content (AvgIpc) is 3.08. The molecule has 7 nitrogen and oxygen atoms in total. The van der Waals surface area contributed by atoms with Gasteiger partial charge in [-0.05, 0) is 19.4 Å². The molecule has 0 radical (unpaired) electrons. The maximum Gasteiger partial charge on any atom is 0.297 e. The van der Waals surface area contributed by atoms with Gasteiger partial charge in [0.1, 0.15) is 6.33 Å². The van der Waals surface area contributed by atoms with Gasteiger partial charge in [-0.1, -0.05) is 25.9 Å². The van der Waals surface area contributed by atoms with Crippen LogP contribution in [0.5, 0.6) is 0 Å². The highest BCUT2D eigenvalue weighted by molar-refractivity contribution is 5.85. The third-order valence-corrected chi connectivity index (χ3v) is 3.44. The van der Waals surface area contributed by atoms with Crippen LogP contribution in [-0.2, 0) is 5.41 Å². The molecule has 8 heteroatoms. The standard InChI is InChI=1S/C13H20N6O.ClH/c1-13(2,3)12-16-11(20-18-12)10-15-8-19(17-10)9-5-4-6-14-7-9;/h8-9,14H,4-7H2,1-3H3;1H. The summed E-state index contributed by atoms with van der Waals surface area (Å²) in [6.45, 7) is 8.14. The number of nitrogens with zero attached hydrogens (tertiary/aromatic N) is 5. The van der Waals surface area contributed by atoms with Gasteiger partial charge in [0.2, 0.25) is 5.82 Å². The van der Waals surface area contributed by atoms with Crippen LogP contribution in [0, 0.1) is 0 Å². The summed E-state index contributed by atoms with van der Waals surface area (Å²) >= 11 is 0. The van der Waals surface area contributed by atoms with E-state index in [0.717, 1.165) is 25.9 Å². The van der Waals surface area contributed by atoms with Gasteiger partial charge in [-0.3, -0.25) is 0 Å². The fraction of sp³-hybridized carbons (Fsp3) is 0.692. The van der Waals surface area contributed by atoms with Crippen LogP contribution in [0.3, 0.4) is 0 Å². The van der Waals surface area contributed by atoms with E-state index in [2.05, 4.69) is 25.5 Å². The molecule has 0 spiro atoms. The third kappa shape index (κ3) is 3.41. The van der Waals surface area contributed by atoms with Crippen LogP contribution in [0.1, 0.15) is 45.5 Å². The van der Waals surface area contributed by atoms with Crippen LogP contribution in [0.2, 0.25) is 0 Å². The molecule has 0 amide bonds. The van der Waals surface area contributed by atoms with Crippen molar-refractivity contribution < 1.29 is 4.52 Å². The van der Waals surface area contributed by atoms with Crippen molar-refractivity contribution in [2.75, 3.05) is 13.1 Å². The van der Waals surface area contributed by atoms with Crippen LogP contribution in [0.15, 0.2) is 10.9 Å². The molecule has 1 aliphatic rings. The minimum absolute atomic E-state index is 0. The first-order valence-corrected chi connectivity index (χ1v) is 7.00. The highest BCUT2D eigenvalue weighted by Gasteiger charge is 2.24. The van der Waals surface area contributed by atoms with Crippen molar-refractivity contribution in [3.63, 3.8) is 0 Å².